The van der Waals surface area contributed by atoms with Gasteiger partial charge in [-0.3, -0.25) is 8.98 Å². The van der Waals surface area contributed by atoms with Crippen LogP contribution in [0, 0.1) is 5.92 Å². The minimum Gasteiger partial charge on any atom is -0.457 e. The maximum absolute atomic E-state index is 12.7. The van der Waals surface area contributed by atoms with Gasteiger partial charge in [-0.15, -0.1) is 0 Å². The molecule has 0 spiro atoms. The van der Waals surface area contributed by atoms with E-state index in [0.29, 0.717) is 32.7 Å². The Labute approximate surface area is 191 Å². The van der Waals surface area contributed by atoms with Gasteiger partial charge >= 0.3 is 0 Å². The van der Waals surface area contributed by atoms with Crippen molar-refractivity contribution in [3.8, 4) is 11.5 Å². The fraction of sp³-hybridized carbons (Fsp3) is 0.174. The van der Waals surface area contributed by atoms with E-state index in [2.05, 4.69) is 0 Å². The highest BCUT2D eigenvalue weighted by molar-refractivity contribution is 7.86. The maximum Gasteiger partial charge on any atom is 0.296 e. The predicted molar refractivity (Wildman–Crippen MR) is 121 cm³/mol. The number of ether oxygens (including phenoxy) is 1. The van der Waals surface area contributed by atoms with Crippen molar-refractivity contribution in [1.82, 2.24) is 0 Å². The molecule has 0 radical (unpaired) electrons. The molecule has 3 aromatic rings. The Morgan fingerprint density at radius 2 is 1.48 bits per heavy atom. The summed E-state index contributed by atoms with van der Waals surface area (Å²) in [5, 5.41) is 0.745. The minimum atomic E-state index is -3.81. The van der Waals surface area contributed by atoms with E-state index in [1.807, 2.05) is 13.8 Å². The summed E-state index contributed by atoms with van der Waals surface area (Å²) in [6.07, 6.45) is 0. The molecule has 0 aliphatic heterocycles. The first-order valence-corrected chi connectivity index (χ1v) is 11.6. The van der Waals surface area contributed by atoms with Crippen LogP contribution in [0.15, 0.2) is 71.6 Å². The average Bonchev–Trinajstić information content (AvgIpc) is 2.74. The third-order valence-electron chi connectivity index (χ3n) is 4.19. The SMILES string of the molecule is CC(C)COS(=O)(=O)c1ccc(Oc2ccc(C(=O)c3cc(Cl)ccc3Cl)cc2)cc1. The zero-order valence-electron chi connectivity index (χ0n) is 16.8. The molecule has 8 heteroatoms. The third-order valence-corrected chi connectivity index (χ3v) is 6.05. The highest BCUT2D eigenvalue weighted by Crippen LogP contribution is 2.27. The molecule has 162 valence electrons. The molecule has 5 nitrogen and oxygen atoms in total. The van der Waals surface area contributed by atoms with E-state index in [4.69, 9.17) is 32.1 Å². The fourth-order valence-corrected chi connectivity index (χ4v) is 4.04. The van der Waals surface area contributed by atoms with E-state index >= 15 is 0 Å². The molecule has 0 unspecified atom stereocenters. The average molecular weight is 479 g/mol. The monoisotopic (exact) mass is 478 g/mol. The molecule has 0 N–H and O–H groups in total. The maximum atomic E-state index is 12.7. The standard InChI is InChI=1S/C23H20Cl2O5S/c1-15(2)14-29-31(27,28)20-10-8-19(9-11-20)30-18-6-3-16(4-7-18)23(26)21-13-17(24)5-12-22(21)25/h3-13,15H,14H2,1-2H3. The van der Waals surface area contributed by atoms with Crippen molar-refractivity contribution in [3.63, 3.8) is 0 Å². The van der Waals surface area contributed by atoms with Crippen molar-refractivity contribution in [3.05, 3.63) is 87.9 Å². The number of halogens is 2. The quantitative estimate of drug-likeness (QED) is 0.277. The van der Waals surface area contributed by atoms with Crippen LogP contribution in [-0.2, 0) is 14.3 Å². The Morgan fingerprint density at radius 3 is 2.06 bits per heavy atom. The Morgan fingerprint density at radius 1 is 0.903 bits per heavy atom. The van der Waals surface area contributed by atoms with Crippen molar-refractivity contribution >= 4 is 39.1 Å². The van der Waals surface area contributed by atoms with Crippen LogP contribution >= 0.6 is 23.2 Å². The van der Waals surface area contributed by atoms with Gasteiger partial charge in [0, 0.05) is 16.1 Å². The number of benzene rings is 3. The fourth-order valence-electron chi connectivity index (χ4n) is 2.61. The number of ketones is 1. The molecule has 3 rings (SSSR count). The number of rotatable bonds is 8. The summed E-state index contributed by atoms with van der Waals surface area (Å²) in [6, 6.07) is 17.2. The van der Waals surface area contributed by atoms with Crippen LogP contribution in [0.3, 0.4) is 0 Å². The number of hydrogen-bond donors (Lipinski definition) is 0. The van der Waals surface area contributed by atoms with Gasteiger partial charge in [-0.1, -0.05) is 37.0 Å². The molecule has 0 aliphatic rings. The van der Waals surface area contributed by atoms with E-state index in [1.54, 1.807) is 36.4 Å². The van der Waals surface area contributed by atoms with Gasteiger partial charge < -0.3 is 4.74 Å². The number of carbonyl (C=O) groups is 1. The van der Waals surface area contributed by atoms with Crippen molar-refractivity contribution in [2.75, 3.05) is 6.61 Å². The molecule has 3 aromatic carbocycles. The van der Waals surface area contributed by atoms with Gasteiger partial charge in [-0.2, -0.15) is 8.42 Å². The molecule has 31 heavy (non-hydrogen) atoms. The molecule has 0 atom stereocenters. The molecule has 0 amide bonds. The van der Waals surface area contributed by atoms with Crippen molar-refractivity contribution in [2.24, 2.45) is 5.92 Å². The van der Waals surface area contributed by atoms with Gasteiger partial charge in [0.15, 0.2) is 5.78 Å². The lowest BCUT2D eigenvalue weighted by molar-refractivity contribution is 0.103. The van der Waals surface area contributed by atoms with Crippen LogP contribution in [0.25, 0.3) is 0 Å². The zero-order valence-corrected chi connectivity index (χ0v) is 19.2. The van der Waals surface area contributed by atoms with E-state index in [-0.39, 0.29) is 23.2 Å². The second kappa shape index (κ2) is 9.83. The second-order valence-electron chi connectivity index (χ2n) is 7.18. The lowest BCUT2D eigenvalue weighted by Gasteiger charge is -2.10. The van der Waals surface area contributed by atoms with E-state index in [0.717, 1.165) is 0 Å². The lowest BCUT2D eigenvalue weighted by Crippen LogP contribution is -2.10. The van der Waals surface area contributed by atoms with Gasteiger partial charge in [0.2, 0.25) is 0 Å². The van der Waals surface area contributed by atoms with Crippen LogP contribution in [0.2, 0.25) is 10.0 Å². The number of hydrogen-bond acceptors (Lipinski definition) is 5. The van der Waals surface area contributed by atoms with Gasteiger partial charge in [0.1, 0.15) is 11.5 Å². The highest BCUT2D eigenvalue weighted by Gasteiger charge is 2.16. The topological polar surface area (TPSA) is 69.7 Å². The Kier molecular flexibility index (Phi) is 7.38. The molecule has 0 aromatic heterocycles. The van der Waals surface area contributed by atoms with E-state index in [9.17, 15) is 13.2 Å². The van der Waals surface area contributed by atoms with Crippen LogP contribution in [0.1, 0.15) is 29.8 Å². The van der Waals surface area contributed by atoms with Crippen LogP contribution in [-0.4, -0.2) is 20.8 Å². The van der Waals surface area contributed by atoms with Crippen LogP contribution in [0.5, 0.6) is 11.5 Å². The largest absolute Gasteiger partial charge is 0.457 e. The molecule has 0 fully saturated rings. The van der Waals surface area contributed by atoms with Crippen molar-refractivity contribution < 1.29 is 22.1 Å². The van der Waals surface area contributed by atoms with Gasteiger partial charge in [0.05, 0.1) is 16.5 Å². The van der Waals surface area contributed by atoms with E-state index < -0.39 is 10.1 Å². The smallest absolute Gasteiger partial charge is 0.296 e. The molecule has 0 bridgehead atoms. The Hall–Kier alpha value is -2.38. The second-order valence-corrected chi connectivity index (χ2v) is 9.64. The molecule has 0 saturated heterocycles. The summed E-state index contributed by atoms with van der Waals surface area (Å²) < 4.78 is 35.1. The normalized spacial score (nSPS) is 11.5. The summed E-state index contributed by atoms with van der Waals surface area (Å²) in [4.78, 5) is 12.7. The summed E-state index contributed by atoms with van der Waals surface area (Å²) in [6.45, 7) is 3.86. The molecular weight excluding hydrogens is 459 g/mol. The summed E-state index contributed by atoms with van der Waals surface area (Å²) in [5.74, 6) is 0.775. The van der Waals surface area contributed by atoms with Crippen molar-refractivity contribution in [1.29, 1.82) is 0 Å². The minimum absolute atomic E-state index is 0.0554. The lowest BCUT2D eigenvalue weighted by atomic mass is 10.0. The van der Waals surface area contributed by atoms with Crippen molar-refractivity contribution in [2.45, 2.75) is 18.7 Å². The van der Waals surface area contributed by atoms with Gasteiger partial charge in [-0.05, 0) is 72.6 Å². The molecule has 0 heterocycles. The summed E-state index contributed by atoms with van der Waals surface area (Å²) >= 11 is 12.1. The first-order valence-electron chi connectivity index (χ1n) is 9.43. The third kappa shape index (κ3) is 6.08. The van der Waals surface area contributed by atoms with E-state index in [1.165, 1.54) is 30.3 Å². The molecule has 0 aliphatic carbocycles. The first kappa shape index (κ1) is 23.3. The Balaban J connectivity index is 1.70. The predicted octanol–water partition coefficient (Wildman–Crippen LogP) is 6.38. The Bertz CT molecular complexity index is 1170. The zero-order chi connectivity index (χ0) is 22.6. The summed E-state index contributed by atoms with van der Waals surface area (Å²) in [5.41, 5.74) is 0.750. The van der Waals surface area contributed by atoms with Crippen LogP contribution < -0.4 is 4.74 Å². The number of carbonyl (C=O) groups excluding carboxylic acids is 1. The van der Waals surface area contributed by atoms with Crippen LogP contribution in [0.4, 0.5) is 0 Å². The molecular formula is C23H20Cl2O5S. The molecule has 0 saturated carbocycles. The van der Waals surface area contributed by atoms with Gasteiger partial charge in [0.25, 0.3) is 10.1 Å². The highest BCUT2D eigenvalue weighted by atomic mass is 35.5. The first-order chi connectivity index (χ1) is 14.7. The van der Waals surface area contributed by atoms with Gasteiger partial charge in [-0.25, -0.2) is 0 Å². The summed E-state index contributed by atoms with van der Waals surface area (Å²) in [7, 11) is -3.81.